The summed E-state index contributed by atoms with van der Waals surface area (Å²) in [6.45, 7) is 1.88. The lowest BCUT2D eigenvalue weighted by molar-refractivity contribution is 0.102. The number of hydrogen-bond acceptors (Lipinski definition) is 5. The maximum atomic E-state index is 12.8. The Balaban J connectivity index is 1.61. The van der Waals surface area contributed by atoms with Gasteiger partial charge in [0.05, 0.1) is 17.0 Å². The first-order chi connectivity index (χ1) is 14.8. The normalized spacial score (nSPS) is 11.4. The summed E-state index contributed by atoms with van der Waals surface area (Å²) in [6, 6.07) is 20.3. The Morgan fingerprint density at radius 2 is 1.77 bits per heavy atom. The molecule has 1 heterocycles. The molecule has 156 valence electrons. The first kappa shape index (κ1) is 21.0. The molecule has 0 radical (unpaired) electrons. The predicted octanol–water partition coefficient (Wildman–Crippen LogP) is 4.82. The van der Waals surface area contributed by atoms with Gasteiger partial charge in [0, 0.05) is 5.69 Å². The van der Waals surface area contributed by atoms with Crippen LogP contribution >= 0.6 is 11.6 Å². The molecule has 1 amide bonds. The minimum absolute atomic E-state index is 0.0344. The van der Waals surface area contributed by atoms with Gasteiger partial charge >= 0.3 is 0 Å². The predicted molar refractivity (Wildman–Crippen MR) is 121 cm³/mol. The second-order valence-electron chi connectivity index (χ2n) is 7.11. The lowest BCUT2D eigenvalue weighted by atomic mass is 10.1. The van der Waals surface area contributed by atoms with Crippen LogP contribution in [0.15, 0.2) is 78.1 Å². The lowest BCUT2D eigenvalue weighted by Crippen LogP contribution is -2.18. The zero-order valence-electron chi connectivity index (χ0n) is 16.5. The van der Waals surface area contributed by atoms with Crippen molar-refractivity contribution in [2.45, 2.75) is 17.8 Å². The molecule has 6 nitrogen and oxygen atoms in total. The molecule has 0 unspecified atom stereocenters. The standard InChI is InChI=1S/C23H18ClN3O3S/c1-15-5-4-6-16(11-15)14-31(29,30)23-25-13-20(24)21(27-23)22(28)26-19-10-9-17-7-2-3-8-18(17)12-19/h2-13H,14H2,1H3,(H,26,28). The summed E-state index contributed by atoms with van der Waals surface area (Å²) in [5.41, 5.74) is 1.90. The van der Waals surface area contributed by atoms with Crippen molar-refractivity contribution in [3.05, 3.63) is 94.8 Å². The number of aryl methyl sites for hydroxylation is 1. The summed E-state index contributed by atoms with van der Waals surface area (Å²) in [5.74, 6) is -0.892. The van der Waals surface area contributed by atoms with E-state index in [4.69, 9.17) is 11.6 Å². The molecule has 0 saturated heterocycles. The zero-order chi connectivity index (χ0) is 22.0. The molecule has 31 heavy (non-hydrogen) atoms. The van der Waals surface area contributed by atoms with Gasteiger partial charge in [-0.15, -0.1) is 0 Å². The number of fused-ring (bicyclic) bond motifs is 1. The fourth-order valence-electron chi connectivity index (χ4n) is 3.20. The van der Waals surface area contributed by atoms with Crippen LogP contribution in [0.2, 0.25) is 5.02 Å². The molecule has 4 rings (SSSR count). The van der Waals surface area contributed by atoms with Crippen molar-refractivity contribution in [2.24, 2.45) is 0 Å². The number of carbonyl (C=O) groups is 1. The topological polar surface area (TPSA) is 89.0 Å². The smallest absolute Gasteiger partial charge is 0.275 e. The number of aromatic nitrogens is 2. The van der Waals surface area contributed by atoms with E-state index >= 15 is 0 Å². The third-order valence-electron chi connectivity index (χ3n) is 4.66. The summed E-state index contributed by atoms with van der Waals surface area (Å²) in [4.78, 5) is 20.6. The summed E-state index contributed by atoms with van der Waals surface area (Å²) < 4.78 is 25.6. The highest BCUT2D eigenvalue weighted by molar-refractivity contribution is 7.90. The summed E-state index contributed by atoms with van der Waals surface area (Å²) in [6.07, 6.45) is 1.13. The van der Waals surface area contributed by atoms with E-state index in [1.54, 1.807) is 24.3 Å². The second-order valence-corrected chi connectivity index (χ2v) is 9.40. The molecular formula is C23H18ClN3O3S. The van der Waals surface area contributed by atoms with Crippen molar-refractivity contribution >= 4 is 43.8 Å². The van der Waals surface area contributed by atoms with Crippen molar-refractivity contribution in [1.29, 1.82) is 0 Å². The molecule has 0 atom stereocenters. The van der Waals surface area contributed by atoms with Crippen molar-refractivity contribution in [1.82, 2.24) is 9.97 Å². The quantitative estimate of drug-likeness (QED) is 0.439. The molecule has 0 aliphatic heterocycles. The lowest BCUT2D eigenvalue weighted by Gasteiger charge is -2.09. The molecule has 8 heteroatoms. The molecule has 0 fully saturated rings. The molecule has 0 saturated carbocycles. The molecule has 1 aromatic heterocycles. The number of nitrogens with one attached hydrogen (secondary N) is 1. The van der Waals surface area contributed by atoms with Crippen LogP contribution in [-0.2, 0) is 15.6 Å². The van der Waals surface area contributed by atoms with Gasteiger partial charge in [-0.2, -0.15) is 0 Å². The van der Waals surface area contributed by atoms with Crippen LogP contribution in [0.4, 0.5) is 5.69 Å². The average molecular weight is 452 g/mol. The number of carbonyl (C=O) groups excluding carboxylic acids is 1. The van der Waals surface area contributed by atoms with Crippen molar-refractivity contribution in [2.75, 3.05) is 5.32 Å². The Morgan fingerprint density at radius 3 is 2.55 bits per heavy atom. The number of nitrogens with zero attached hydrogens (tertiary/aromatic N) is 2. The van der Waals surface area contributed by atoms with Gasteiger partial charge in [0.2, 0.25) is 15.0 Å². The van der Waals surface area contributed by atoms with E-state index in [1.807, 2.05) is 49.4 Å². The first-order valence-electron chi connectivity index (χ1n) is 9.43. The number of halogens is 1. The number of benzene rings is 3. The van der Waals surface area contributed by atoms with Crippen LogP contribution in [0.1, 0.15) is 21.6 Å². The highest BCUT2D eigenvalue weighted by Gasteiger charge is 2.23. The van der Waals surface area contributed by atoms with Crippen LogP contribution in [-0.4, -0.2) is 24.3 Å². The fraction of sp³-hybridized carbons (Fsp3) is 0.0870. The number of hydrogen-bond donors (Lipinski definition) is 1. The van der Waals surface area contributed by atoms with Crippen LogP contribution in [0.3, 0.4) is 0 Å². The Kier molecular flexibility index (Phi) is 5.71. The van der Waals surface area contributed by atoms with Gasteiger partial charge in [0.15, 0.2) is 5.69 Å². The summed E-state index contributed by atoms with van der Waals surface area (Å²) in [5, 5.41) is 4.23. The third kappa shape index (κ3) is 4.73. The summed E-state index contributed by atoms with van der Waals surface area (Å²) in [7, 11) is -3.87. The Morgan fingerprint density at radius 1 is 1.00 bits per heavy atom. The Bertz CT molecular complexity index is 1400. The SMILES string of the molecule is Cc1cccc(CS(=O)(=O)c2ncc(Cl)c(C(=O)Nc3ccc4ccccc4c3)n2)c1. The van der Waals surface area contributed by atoms with Gasteiger partial charge in [0.25, 0.3) is 5.91 Å². The Hall–Kier alpha value is -3.29. The minimum atomic E-state index is -3.87. The van der Waals surface area contributed by atoms with E-state index in [1.165, 1.54) is 0 Å². The van der Waals surface area contributed by atoms with E-state index in [2.05, 4.69) is 15.3 Å². The van der Waals surface area contributed by atoms with Crippen LogP contribution in [0.5, 0.6) is 0 Å². The van der Waals surface area contributed by atoms with Crippen LogP contribution in [0, 0.1) is 6.92 Å². The zero-order valence-corrected chi connectivity index (χ0v) is 18.1. The molecular weight excluding hydrogens is 434 g/mol. The molecule has 0 bridgehead atoms. The number of sulfone groups is 1. The van der Waals surface area contributed by atoms with E-state index in [9.17, 15) is 13.2 Å². The number of anilines is 1. The maximum Gasteiger partial charge on any atom is 0.275 e. The highest BCUT2D eigenvalue weighted by Crippen LogP contribution is 2.22. The van der Waals surface area contributed by atoms with Crippen molar-refractivity contribution in [3.8, 4) is 0 Å². The van der Waals surface area contributed by atoms with Crippen molar-refractivity contribution < 1.29 is 13.2 Å². The monoisotopic (exact) mass is 451 g/mol. The van der Waals surface area contributed by atoms with Gasteiger partial charge in [-0.1, -0.05) is 71.8 Å². The van der Waals surface area contributed by atoms with E-state index in [-0.39, 0.29) is 16.5 Å². The second kappa shape index (κ2) is 8.45. The van der Waals surface area contributed by atoms with Gasteiger partial charge in [-0.3, -0.25) is 4.79 Å². The highest BCUT2D eigenvalue weighted by atomic mass is 35.5. The molecule has 0 aliphatic rings. The van der Waals surface area contributed by atoms with E-state index in [0.29, 0.717) is 11.3 Å². The van der Waals surface area contributed by atoms with Gasteiger partial charge in [0.1, 0.15) is 0 Å². The Labute approximate surface area is 184 Å². The molecule has 3 aromatic carbocycles. The molecule has 4 aromatic rings. The summed E-state index contributed by atoms with van der Waals surface area (Å²) >= 11 is 6.10. The van der Waals surface area contributed by atoms with Gasteiger partial charge < -0.3 is 5.32 Å². The van der Waals surface area contributed by atoms with E-state index < -0.39 is 20.9 Å². The molecule has 0 aliphatic carbocycles. The molecule has 0 spiro atoms. The van der Waals surface area contributed by atoms with Gasteiger partial charge in [-0.05, 0) is 35.4 Å². The number of rotatable bonds is 5. The maximum absolute atomic E-state index is 12.8. The number of amides is 1. The van der Waals surface area contributed by atoms with Gasteiger partial charge in [-0.25, -0.2) is 18.4 Å². The largest absolute Gasteiger partial charge is 0.321 e. The average Bonchev–Trinajstić information content (AvgIpc) is 2.73. The minimum Gasteiger partial charge on any atom is -0.321 e. The first-order valence-corrected chi connectivity index (χ1v) is 11.5. The van der Waals surface area contributed by atoms with Crippen molar-refractivity contribution in [3.63, 3.8) is 0 Å². The molecule has 1 N–H and O–H groups in total. The van der Waals surface area contributed by atoms with E-state index in [0.717, 1.165) is 22.5 Å². The van der Waals surface area contributed by atoms with Crippen LogP contribution < -0.4 is 5.32 Å². The third-order valence-corrected chi connectivity index (χ3v) is 6.40. The fourth-order valence-corrected chi connectivity index (χ4v) is 4.57. The van der Waals surface area contributed by atoms with Crippen LogP contribution in [0.25, 0.3) is 10.8 Å².